The summed E-state index contributed by atoms with van der Waals surface area (Å²) in [6.45, 7) is 6.52. The topological polar surface area (TPSA) is 73.4 Å². The minimum absolute atomic E-state index is 0.0264. The zero-order valence-corrected chi connectivity index (χ0v) is 19.9. The van der Waals surface area contributed by atoms with Gasteiger partial charge in [0.15, 0.2) is 0 Å². The Bertz CT molecular complexity index is 968. The summed E-state index contributed by atoms with van der Waals surface area (Å²) in [5, 5.41) is 7.44. The molecule has 2 aliphatic rings. The van der Waals surface area contributed by atoms with Gasteiger partial charge in [-0.05, 0) is 69.8 Å². The van der Waals surface area contributed by atoms with Crippen LogP contribution in [-0.2, 0) is 4.79 Å². The third-order valence-corrected chi connectivity index (χ3v) is 8.12. The molecular weight excluding hydrogens is 416 g/mol. The Morgan fingerprint density at radius 2 is 1.78 bits per heavy atom. The van der Waals surface area contributed by atoms with Crippen LogP contribution in [0, 0.1) is 5.41 Å². The van der Waals surface area contributed by atoms with Crippen molar-refractivity contribution in [3.05, 3.63) is 59.7 Å². The fourth-order valence-electron chi connectivity index (χ4n) is 5.01. The summed E-state index contributed by atoms with van der Waals surface area (Å²) in [7, 11) is 0. The number of nitrogen functional groups attached to an aromatic ring is 1. The Hall–Kier alpha value is -2.31. The molecule has 2 aromatic carbocycles. The molecule has 3 N–H and O–H groups in total. The molecule has 6 heteroatoms. The molecule has 2 aliphatic heterocycles. The number of benzene rings is 2. The number of para-hydroxylation sites is 1. The van der Waals surface area contributed by atoms with Crippen molar-refractivity contribution in [3.63, 3.8) is 0 Å². The highest BCUT2D eigenvalue weighted by molar-refractivity contribution is 8.00. The van der Waals surface area contributed by atoms with Crippen LogP contribution in [0.5, 0.6) is 0 Å². The molecule has 0 bridgehead atoms. The Morgan fingerprint density at radius 3 is 2.53 bits per heavy atom. The number of anilines is 1. The third kappa shape index (κ3) is 4.86. The van der Waals surface area contributed by atoms with Crippen LogP contribution in [0.1, 0.15) is 62.3 Å². The van der Waals surface area contributed by atoms with Crippen LogP contribution in [0.2, 0.25) is 0 Å². The molecule has 0 aromatic heterocycles. The van der Waals surface area contributed by atoms with Crippen molar-refractivity contribution < 1.29 is 4.79 Å². The van der Waals surface area contributed by atoms with E-state index < -0.39 is 0 Å². The number of nitrogens with two attached hydrogens (primary N) is 1. The normalized spacial score (nSPS) is 23.8. The predicted molar refractivity (Wildman–Crippen MR) is 134 cm³/mol. The molecule has 1 fully saturated rings. The maximum Gasteiger partial charge on any atom is 0.245 e. The number of amidine groups is 1. The molecule has 4 rings (SSSR count). The van der Waals surface area contributed by atoms with Crippen LogP contribution in [0.15, 0.2) is 53.4 Å². The van der Waals surface area contributed by atoms with Crippen LogP contribution in [0.4, 0.5) is 5.69 Å². The molecule has 32 heavy (non-hydrogen) atoms. The Morgan fingerprint density at radius 1 is 1.06 bits per heavy atom. The summed E-state index contributed by atoms with van der Waals surface area (Å²) < 4.78 is 0. The van der Waals surface area contributed by atoms with Gasteiger partial charge in [-0.3, -0.25) is 15.1 Å². The van der Waals surface area contributed by atoms with Crippen LogP contribution in [0.3, 0.4) is 0 Å². The van der Waals surface area contributed by atoms with Gasteiger partial charge in [0.05, 0.1) is 5.69 Å². The number of hydrogen-bond donors (Lipinski definition) is 2. The standard InChI is InChI=1S/C26H34N4OS/c1-18-9-7-10-19(2)29(18)15-5-6-16-30-22-13-3-4-14-23(22)32-24(26(30)31)20-11-8-12-21(17-20)25(27)28/h3-4,8,11-14,17-19,24H,5-7,9-10,15-16H2,1-2H3,(H3,27,28)/t18-,19+,24?. The van der Waals surface area contributed by atoms with Crippen LogP contribution >= 0.6 is 11.8 Å². The van der Waals surface area contributed by atoms with E-state index >= 15 is 0 Å². The van der Waals surface area contributed by atoms with E-state index in [9.17, 15) is 4.79 Å². The Labute approximate surface area is 195 Å². The lowest BCUT2D eigenvalue weighted by Gasteiger charge is -2.39. The first-order chi connectivity index (χ1) is 15.5. The number of carbonyl (C=O) groups is 1. The van der Waals surface area contributed by atoms with E-state index in [1.807, 2.05) is 41.3 Å². The molecule has 2 aromatic rings. The zero-order valence-electron chi connectivity index (χ0n) is 19.1. The second kappa shape index (κ2) is 10.1. The first-order valence-electron chi connectivity index (χ1n) is 11.7. The first-order valence-corrected chi connectivity index (χ1v) is 12.6. The summed E-state index contributed by atoms with van der Waals surface area (Å²) in [5.41, 5.74) is 8.27. The van der Waals surface area contributed by atoms with E-state index in [-0.39, 0.29) is 17.0 Å². The minimum Gasteiger partial charge on any atom is -0.384 e. The van der Waals surface area contributed by atoms with E-state index in [0.717, 1.165) is 42.1 Å². The highest BCUT2D eigenvalue weighted by Crippen LogP contribution is 2.46. The van der Waals surface area contributed by atoms with E-state index in [0.29, 0.717) is 17.6 Å². The van der Waals surface area contributed by atoms with Gasteiger partial charge in [-0.1, -0.05) is 36.8 Å². The number of likely N-dealkylation sites (tertiary alicyclic amines) is 1. The number of carbonyl (C=O) groups excluding carboxylic acids is 1. The van der Waals surface area contributed by atoms with Gasteiger partial charge in [0, 0.05) is 29.1 Å². The molecule has 170 valence electrons. The van der Waals surface area contributed by atoms with Crippen molar-refractivity contribution in [2.45, 2.75) is 68.2 Å². The van der Waals surface area contributed by atoms with Gasteiger partial charge in [0.1, 0.15) is 11.1 Å². The van der Waals surface area contributed by atoms with Crippen molar-refractivity contribution in [2.75, 3.05) is 18.0 Å². The monoisotopic (exact) mass is 450 g/mol. The average Bonchev–Trinajstić information content (AvgIpc) is 2.79. The number of fused-ring (bicyclic) bond motifs is 1. The van der Waals surface area contributed by atoms with Crippen LogP contribution < -0.4 is 10.6 Å². The number of piperidine rings is 1. The molecule has 1 amide bonds. The quantitative estimate of drug-likeness (QED) is 0.346. The summed E-state index contributed by atoms with van der Waals surface area (Å²) >= 11 is 1.59. The van der Waals surface area contributed by atoms with E-state index in [2.05, 4.69) is 30.9 Å². The molecule has 0 aliphatic carbocycles. The smallest absolute Gasteiger partial charge is 0.245 e. The van der Waals surface area contributed by atoms with Gasteiger partial charge in [-0.2, -0.15) is 0 Å². The molecule has 0 saturated carbocycles. The molecule has 5 nitrogen and oxygen atoms in total. The van der Waals surface area contributed by atoms with Gasteiger partial charge in [0.25, 0.3) is 0 Å². The van der Waals surface area contributed by atoms with Crippen molar-refractivity contribution in [2.24, 2.45) is 5.73 Å². The summed E-state index contributed by atoms with van der Waals surface area (Å²) in [6, 6.07) is 17.0. The average molecular weight is 451 g/mol. The van der Waals surface area contributed by atoms with E-state index in [1.165, 1.54) is 19.3 Å². The lowest BCUT2D eigenvalue weighted by Crippen LogP contribution is -2.44. The molecule has 3 atom stereocenters. The highest BCUT2D eigenvalue weighted by atomic mass is 32.2. The Balaban J connectivity index is 1.47. The summed E-state index contributed by atoms with van der Waals surface area (Å²) in [4.78, 5) is 19.3. The number of rotatable bonds is 7. The van der Waals surface area contributed by atoms with Gasteiger partial charge < -0.3 is 10.6 Å². The molecule has 0 radical (unpaired) electrons. The lowest BCUT2D eigenvalue weighted by molar-refractivity contribution is -0.118. The molecule has 2 heterocycles. The fraction of sp³-hybridized carbons (Fsp3) is 0.462. The number of unbranched alkanes of at least 4 members (excludes halogenated alkanes) is 1. The highest BCUT2D eigenvalue weighted by Gasteiger charge is 2.34. The van der Waals surface area contributed by atoms with Crippen LogP contribution in [0.25, 0.3) is 0 Å². The number of thioether (sulfide) groups is 1. The molecule has 1 unspecified atom stereocenters. The number of amides is 1. The molecule has 1 saturated heterocycles. The van der Waals surface area contributed by atoms with Gasteiger partial charge in [0.2, 0.25) is 5.91 Å². The maximum absolute atomic E-state index is 13.6. The SMILES string of the molecule is C[C@@H]1CCC[C@H](C)N1CCCCN1C(=O)C(c2cccc(C(=N)N)c2)Sc2ccccc21. The largest absolute Gasteiger partial charge is 0.384 e. The van der Waals surface area contributed by atoms with E-state index in [4.69, 9.17) is 11.1 Å². The van der Waals surface area contributed by atoms with Crippen molar-refractivity contribution in [1.29, 1.82) is 5.41 Å². The molecular formula is C26H34N4OS. The van der Waals surface area contributed by atoms with Crippen LogP contribution in [-0.4, -0.2) is 41.8 Å². The Kier molecular flexibility index (Phi) is 7.21. The van der Waals surface area contributed by atoms with Crippen molar-refractivity contribution in [1.82, 2.24) is 4.90 Å². The fourth-order valence-corrected chi connectivity index (χ4v) is 6.23. The van der Waals surface area contributed by atoms with Crippen molar-refractivity contribution >= 4 is 29.2 Å². The molecule has 0 spiro atoms. The lowest BCUT2D eigenvalue weighted by atomic mass is 9.97. The maximum atomic E-state index is 13.6. The van der Waals surface area contributed by atoms with Gasteiger partial charge in [-0.25, -0.2) is 0 Å². The summed E-state index contributed by atoms with van der Waals surface area (Å²) in [5.74, 6) is 0.146. The first kappa shape index (κ1) is 22.9. The second-order valence-electron chi connectivity index (χ2n) is 9.07. The third-order valence-electron chi connectivity index (χ3n) is 6.82. The number of nitrogens with one attached hydrogen (secondary N) is 1. The van der Waals surface area contributed by atoms with Gasteiger partial charge >= 0.3 is 0 Å². The summed E-state index contributed by atoms with van der Waals surface area (Å²) in [6.07, 6.45) is 6.00. The number of nitrogens with zero attached hydrogens (tertiary/aromatic N) is 2. The van der Waals surface area contributed by atoms with E-state index in [1.54, 1.807) is 11.8 Å². The minimum atomic E-state index is -0.314. The number of hydrogen-bond acceptors (Lipinski definition) is 4. The second-order valence-corrected chi connectivity index (χ2v) is 10.2. The van der Waals surface area contributed by atoms with Gasteiger partial charge in [-0.15, -0.1) is 11.8 Å². The van der Waals surface area contributed by atoms with Crippen molar-refractivity contribution in [3.8, 4) is 0 Å². The predicted octanol–water partition coefficient (Wildman–Crippen LogP) is 5.19. The zero-order chi connectivity index (χ0) is 22.7.